The van der Waals surface area contributed by atoms with Gasteiger partial charge in [0, 0.05) is 16.6 Å². The molecule has 0 bridgehead atoms. The maximum absolute atomic E-state index is 11.7. The summed E-state index contributed by atoms with van der Waals surface area (Å²) in [6, 6.07) is 4.40. The molecule has 1 amide bonds. The Morgan fingerprint density at radius 2 is 2.25 bits per heavy atom. The highest BCUT2D eigenvalue weighted by molar-refractivity contribution is 9.10. The molecule has 0 aromatic heterocycles. The van der Waals surface area contributed by atoms with E-state index in [0.29, 0.717) is 6.04 Å². The van der Waals surface area contributed by atoms with Gasteiger partial charge < -0.3 is 15.8 Å². The summed E-state index contributed by atoms with van der Waals surface area (Å²) in [5.74, 6) is 0.720. The topological polar surface area (TPSA) is 64.3 Å². The summed E-state index contributed by atoms with van der Waals surface area (Å²) in [6.07, 6.45) is 2.89. The number of nitrogens with two attached hydrogens (primary N) is 1. The molecular formula is C15H21BrN2O2. The van der Waals surface area contributed by atoms with E-state index < -0.39 is 0 Å². The molecule has 1 fully saturated rings. The average Bonchev–Trinajstić information content (AvgIpc) is 3.10. The van der Waals surface area contributed by atoms with Crippen LogP contribution in [0.1, 0.15) is 30.9 Å². The number of nitrogens with one attached hydrogen (secondary N) is 1. The molecule has 3 N–H and O–H groups in total. The highest BCUT2D eigenvalue weighted by Gasteiger charge is 2.23. The van der Waals surface area contributed by atoms with Gasteiger partial charge in [-0.25, -0.2) is 0 Å². The molecule has 1 aliphatic carbocycles. The van der Waals surface area contributed by atoms with Crippen molar-refractivity contribution in [3.8, 4) is 5.75 Å². The molecule has 20 heavy (non-hydrogen) atoms. The Labute approximate surface area is 128 Å². The van der Waals surface area contributed by atoms with Gasteiger partial charge in [-0.15, -0.1) is 0 Å². The van der Waals surface area contributed by atoms with E-state index in [1.54, 1.807) is 0 Å². The van der Waals surface area contributed by atoms with Crippen molar-refractivity contribution in [2.45, 2.75) is 45.2 Å². The highest BCUT2D eigenvalue weighted by atomic mass is 79.9. The predicted molar refractivity (Wildman–Crippen MR) is 82.9 cm³/mol. The second-order valence-electron chi connectivity index (χ2n) is 5.52. The fraction of sp³-hybridized carbons (Fsp3) is 0.533. The summed E-state index contributed by atoms with van der Waals surface area (Å²) in [4.78, 5) is 11.7. The third-order valence-electron chi connectivity index (χ3n) is 3.15. The smallest absolute Gasteiger partial charge is 0.258 e. The van der Waals surface area contributed by atoms with Crippen LogP contribution in [0.4, 0.5) is 0 Å². The molecule has 0 heterocycles. The number of carbonyl (C=O) groups is 1. The van der Waals surface area contributed by atoms with Crippen molar-refractivity contribution in [1.29, 1.82) is 0 Å². The van der Waals surface area contributed by atoms with Crippen LogP contribution in [0, 0.1) is 6.92 Å². The number of amides is 1. The summed E-state index contributed by atoms with van der Waals surface area (Å²) in [7, 11) is 0. The van der Waals surface area contributed by atoms with E-state index in [4.69, 9.17) is 10.5 Å². The first kappa shape index (κ1) is 15.3. The van der Waals surface area contributed by atoms with Gasteiger partial charge in [-0.1, -0.05) is 15.9 Å². The Morgan fingerprint density at radius 1 is 1.55 bits per heavy atom. The van der Waals surface area contributed by atoms with Crippen molar-refractivity contribution in [2.75, 3.05) is 6.61 Å². The fourth-order valence-electron chi connectivity index (χ4n) is 2.14. The zero-order valence-electron chi connectivity index (χ0n) is 11.9. The Balaban J connectivity index is 2.05. The molecule has 1 aromatic rings. The standard InChI is InChI=1S/C15H21BrN2O2/c1-9-5-12(16)7-11(6-10(2)17)15(9)20-8-14(19)18-13-3-4-13/h5,7,10,13H,3-4,6,8,17H2,1-2H3,(H,18,19). The van der Waals surface area contributed by atoms with Gasteiger partial charge in [0.05, 0.1) is 0 Å². The van der Waals surface area contributed by atoms with Gasteiger partial charge in [-0.3, -0.25) is 4.79 Å². The maximum Gasteiger partial charge on any atom is 0.258 e. The molecule has 1 aromatic carbocycles. The van der Waals surface area contributed by atoms with Gasteiger partial charge in [-0.05, 0) is 56.4 Å². The number of hydrogen-bond acceptors (Lipinski definition) is 3. The lowest BCUT2D eigenvalue weighted by Crippen LogP contribution is -2.30. The molecule has 2 rings (SSSR count). The number of halogens is 1. The third-order valence-corrected chi connectivity index (χ3v) is 3.61. The second kappa shape index (κ2) is 6.59. The Morgan fingerprint density at radius 3 is 2.85 bits per heavy atom. The van der Waals surface area contributed by atoms with Gasteiger partial charge in [-0.2, -0.15) is 0 Å². The van der Waals surface area contributed by atoms with Crippen LogP contribution in [0.5, 0.6) is 5.75 Å². The first-order valence-corrected chi connectivity index (χ1v) is 7.71. The molecule has 0 saturated heterocycles. The average molecular weight is 341 g/mol. The monoisotopic (exact) mass is 340 g/mol. The van der Waals surface area contributed by atoms with E-state index >= 15 is 0 Å². The van der Waals surface area contributed by atoms with Crippen LogP contribution in [-0.4, -0.2) is 24.6 Å². The molecular weight excluding hydrogens is 320 g/mol. The predicted octanol–water partition coefficient (Wildman–Crippen LogP) is 2.30. The SMILES string of the molecule is Cc1cc(Br)cc(CC(C)N)c1OCC(=O)NC1CC1. The van der Waals surface area contributed by atoms with Crippen LogP contribution >= 0.6 is 15.9 Å². The van der Waals surface area contributed by atoms with Gasteiger partial charge >= 0.3 is 0 Å². The van der Waals surface area contributed by atoms with Gasteiger partial charge in [0.25, 0.3) is 5.91 Å². The molecule has 1 atom stereocenters. The lowest BCUT2D eigenvalue weighted by atomic mass is 10.0. The maximum atomic E-state index is 11.7. The van der Waals surface area contributed by atoms with E-state index in [-0.39, 0.29) is 18.6 Å². The quantitative estimate of drug-likeness (QED) is 0.835. The minimum absolute atomic E-state index is 0.0475. The van der Waals surface area contributed by atoms with Gasteiger partial charge in [0.1, 0.15) is 5.75 Å². The number of carbonyl (C=O) groups excluding carboxylic acids is 1. The molecule has 4 nitrogen and oxygen atoms in total. The summed E-state index contributed by atoms with van der Waals surface area (Å²) >= 11 is 3.48. The van der Waals surface area contributed by atoms with Crippen molar-refractivity contribution in [1.82, 2.24) is 5.32 Å². The van der Waals surface area contributed by atoms with Crippen molar-refractivity contribution in [3.63, 3.8) is 0 Å². The summed E-state index contributed by atoms with van der Waals surface area (Å²) in [5.41, 5.74) is 7.92. The van der Waals surface area contributed by atoms with E-state index in [1.165, 1.54) is 0 Å². The Kier molecular flexibility index (Phi) is 5.05. The largest absolute Gasteiger partial charge is 0.483 e. The van der Waals surface area contributed by atoms with Crippen LogP contribution in [0.3, 0.4) is 0 Å². The lowest BCUT2D eigenvalue weighted by molar-refractivity contribution is -0.123. The molecule has 1 saturated carbocycles. The number of hydrogen-bond donors (Lipinski definition) is 2. The minimum Gasteiger partial charge on any atom is -0.483 e. The number of benzene rings is 1. The van der Waals surface area contributed by atoms with E-state index in [0.717, 1.165) is 40.6 Å². The van der Waals surface area contributed by atoms with Crippen molar-refractivity contribution in [3.05, 3.63) is 27.7 Å². The minimum atomic E-state index is -0.0541. The molecule has 110 valence electrons. The molecule has 0 radical (unpaired) electrons. The number of ether oxygens (including phenoxy) is 1. The van der Waals surface area contributed by atoms with Gasteiger partial charge in [0.15, 0.2) is 6.61 Å². The summed E-state index contributed by atoms with van der Waals surface area (Å²) in [5, 5.41) is 2.92. The highest BCUT2D eigenvalue weighted by Crippen LogP contribution is 2.29. The number of aryl methyl sites for hydroxylation is 1. The summed E-state index contributed by atoms with van der Waals surface area (Å²) < 4.78 is 6.73. The van der Waals surface area contributed by atoms with E-state index in [2.05, 4.69) is 21.2 Å². The van der Waals surface area contributed by atoms with Crippen LogP contribution in [0.2, 0.25) is 0 Å². The molecule has 1 unspecified atom stereocenters. The molecule has 5 heteroatoms. The van der Waals surface area contributed by atoms with Crippen LogP contribution in [0.25, 0.3) is 0 Å². The normalized spacial score (nSPS) is 15.8. The third kappa shape index (κ3) is 4.49. The fourth-order valence-corrected chi connectivity index (χ4v) is 2.76. The van der Waals surface area contributed by atoms with E-state index in [9.17, 15) is 4.79 Å². The second-order valence-corrected chi connectivity index (χ2v) is 6.44. The van der Waals surface area contributed by atoms with E-state index in [1.807, 2.05) is 26.0 Å². The zero-order valence-corrected chi connectivity index (χ0v) is 13.5. The Bertz CT molecular complexity index is 499. The van der Waals surface area contributed by atoms with Crippen molar-refractivity contribution >= 4 is 21.8 Å². The zero-order chi connectivity index (χ0) is 14.7. The number of rotatable bonds is 6. The summed E-state index contributed by atoms with van der Waals surface area (Å²) in [6.45, 7) is 3.99. The first-order chi connectivity index (χ1) is 9.45. The van der Waals surface area contributed by atoms with Crippen molar-refractivity contribution < 1.29 is 9.53 Å². The molecule has 0 spiro atoms. The molecule has 1 aliphatic rings. The lowest BCUT2D eigenvalue weighted by Gasteiger charge is -2.16. The van der Waals surface area contributed by atoms with Crippen LogP contribution < -0.4 is 15.8 Å². The molecule has 0 aliphatic heterocycles. The first-order valence-electron chi connectivity index (χ1n) is 6.92. The van der Waals surface area contributed by atoms with Crippen LogP contribution in [-0.2, 0) is 11.2 Å². The Hall–Kier alpha value is -1.07. The van der Waals surface area contributed by atoms with Crippen LogP contribution in [0.15, 0.2) is 16.6 Å². The van der Waals surface area contributed by atoms with Crippen molar-refractivity contribution in [2.24, 2.45) is 5.73 Å². The van der Waals surface area contributed by atoms with Gasteiger partial charge in [0.2, 0.25) is 0 Å².